The summed E-state index contributed by atoms with van der Waals surface area (Å²) >= 11 is 0. The number of hydrogen-bond acceptors (Lipinski definition) is 7. The van der Waals surface area contributed by atoms with Gasteiger partial charge in [-0.1, -0.05) is 0 Å². The van der Waals surface area contributed by atoms with E-state index >= 15 is 0 Å². The van der Waals surface area contributed by atoms with Crippen molar-refractivity contribution in [2.45, 2.75) is 0 Å². The van der Waals surface area contributed by atoms with Crippen molar-refractivity contribution in [3.8, 4) is 18.2 Å². The maximum atomic E-state index is 10.9. The monoisotopic (exact) mass is 283 g/mol. The quantitative estimate of drug-likeness (QED) is 0.477. The van der Waals surface area contributed by atoms with Crippen molar-refractivity contribution < 1.29 is 14.8 Å². The average molecular weight is 283 g/mol. The van der Waals surface area contributed by atoms with E-state index in [9.17, 15) is 14.9 Å². The number of carboxylic acids is 1. The number of nitro benzene ring substituents is 1. The summed E-state index contributed by atoms with van der Waals surface area (Å²) in [5.41, 5.74) is -1.94. The van der Waals surface area contributed by atoms with Gasteiger partial charge in [-0.2, -0.15) is 15.8 Å². The van der Waals surface area contributed by atoms with Crippen LogP contribution in [-0.4, -0.2) is 16.0 Å². The molecule has 0 atom stereocenters. The first-order chi connectivity index (χ1) is 9.92. The number of allylic oxidation sites excluding steroid dienone is 2. The van der Waals surface area contributed by atoms with Gasteiger partial charge in [0.2, 0.25) is 0 Å². The molecule has 1 aromatic carbocycles. The Morgan fingerprint density at radius 1 is 1.19 bits per heavy atom. The largest absolute Gasteiger partial charge is 0.478 e. The van der Waals surface area contributed by atoms with Crippen molar-refractivity contribution in [1.29, 1.82) is 15.8 Å². The predicted molar refractivity (Wildman–Crippen MR) is 67.5 cm³/mol. The molecule has 0 spiro atoms. The first kappa shape index (κ1) is 15.2. The molecule has 2 N–H and O–H groups in total. The minimum Gasteiger partial charge on any atom is -0.478 e. The summed E-state index contributed by atoms with van der Waals surface area (Å²) in [5, 5.41) is 48.1. The number of anilines is 1. The number of nitrogens with zero attached hydrogens (tertiary/aromatic N) is 4. The molecule has 102 valence electrons. The van der Waals surface area contributed by atoms with Crippen LogP contribution in [0.25, 0.3) is 0 Å². The zero-order valence-corrected chi connectivity index (χ0v) is 10.2. The molecule has 0 heterocycles. The number of carboxylic acid groups (broad SMARTS) is 1. The molecule has 0 unspecified atom stereocenters. The van der Waals surface area contributed by atoms with Crippen LogP contribution < -0.4 is 5.32 Å². The van der Waals surface area contributed by atoms with Crippen molar-refractivity contribution >= 4 is 17.3 Å². The zero-order chi connectivity index (χ0) is 16.0. The lowest BCUT2D eigenvalue weighted by atomic mass is 10.1. The molecule has 1 rings (SSSR count). The molecular formula is C12H5N5O4. The van der Waals surface area contributed by atoms with E-state index in [1.807, 2.05) is 0 Å². The molecule has 0 saturated carbocycles. The maximum absolute atomic E-state index is 10.9. The number of hydrogen-bond donors (Lipinski definition) is 2. The summed E-state index contributed by atoms with van der Waals surface area (Å²) in [5.74, 6) is -1.40. The Morgan fingerprint density at radius 3 is 2.24 bits per heavy atom. The molecule has 9 heteroatoms. The number of nitrogens with one attached hydrogen (secondary N) is 1. The van der Waals surface area contributed by atoms with Gasteiger partial charge < -0.3 is 10.4 Å². The van der Waals surface area contributed by atoms with Crippen molar-refractivity contribution in [3.63, 3.8) is 0 Å². The number of rotatable bonds is 4. The zero-order valence-electron chi connectivity index (χ0n) is 10.2. The second kappa shape index (κ2) is 6.32. The van der Waals surface area contributed by atoms with Gasteiger partial charge in [0, 0.05) is 17.8 Å². The molecule has 0 fully saturated rings. The maximum Gasteiger partial charge on any atom is 0.336 e. The topological polar surface area (TPSA) is 164 Å². The molecular weight excluding hydrogens is 278 g/mol. The number of benzene rings is 1. The highest BCUT2D eigenvalue weighted by Crippen LogP contribution is 2.22. The van der Waals surface area contributed by atoms with Crippen LogP contribution in [0.5, 0.6) is 0 Å². The SMILES string of the molecule is N#CC(C#N)=C(C#N)Nc1cc(C(=O)O)cc([N+](=O)[O-])c1. The van der Waals surface area contributed by atoms with E-state index in [-0.39, 0.29) is 11.3 Å². The van der Waals surface area contributed by atoms with E-state index in [1.54, 1.807) is 6.07 Å². The fourth-order valence-electron chi connectivity index (χ4n) is 1.34. The van der Waals surface area contributed by atoms with Crippen LogP contribution in [0, 0.1) is 44.1 Å². The number of nitro groups is 1. The number of carbonyl (C=O) groups is 1. The van der Waals surface area contributed by atoms with Crippen LogP contribution in [0.2, 0.25) is 0 Å². The Kier molecular flexibility index (Phi) is 4.56. The molecule has 0 amide bonds. The van der Waals surface area contributed by atoms with Crippen LogP contribution in [0.15, 0.2) is 29.5 Å². The normalized spacial score (nSPS) is 8.62. The Balaban J connectivity index is 3.39. The third kappa shape index (κ3) is 3.53. The van der Waals surface area contributed by atoms with E-state index < -0.39 is 27.9 Å². The minimum absolute atomic E-state index is 0.0962. The highest BCUT2D eigenvalue weighted by molar-refractivity contribution is 5.90. The van der Waals surface area contributed by atoms with Crippen LogP contribution in [0.1, 0.15) is 10.4 Å². The minimum atomic E-state index is -1.40. The standard InChI is InChI=1S/C12H5N5O4/c13-4-8(5-14)11(6-15)16-9-1-7(12(18)19)2-10(3-9)17(20)21/h1-3,16H,(H,18,19). The molecule has 0 saturated heterocycles. The third-order valence-electron chi connectivity index (χ3n) is 2.23. The van der Waals surface area contributed by atoms with E-state index in [0.29, 0.717) is 0 Å². The van der Waals surface area contributed by atoms with Gasteiger partial charge in [0.05, 0.1) is 10.5 Å². The van der Waals surface area contributed by atoms with E-state index in [1.165, 1.54) is 12.1 Å². The van der Waals surface area contributed by atoms with E-state index in [4.69, 9.17) is 20.9 Å². The van der Waals surface area contributed by atoms with Crippen LogP contribution in [0.4, 0.5) is 11.4 Å². The van der Waals surface area contributed by atoms with Gasteiger partial charge >= 0.3 is 5.97 Å². The highest BCUT2D eigenvalue weighted by atomic mass is 16.6. The Bertz CT molecular complexity index is 728. The second-order valence-corrected chi connectivity index (χ2v) is 3.54. The number of nitriles is 3. The van der Waals surface area contributed by atoms with Crippen molar-refractivity contribution in [1.82, 2.24) is 0 Å². The fourth-order valence-corrected chi connectivity index (χ4v) is 1.34. The summed E-state index contributed by atoms with van der Waals surface area (Å²) in [6, 6.07) is 7.39. The van der Waals surface area contributed by atoms with Crippen LogP contribution in [0.3, 0.4) is 0 Å². The van der Waals surface area contributed by atoms with Crippen molar-refractivity contribution in [2.24, 2.45) is 0 Å². The van der Waals surface area contributed by atoms with Crippen molar-refractivity contribution in [3.05, 3.63) is 45.1 Å². The number of non-ortho nitro benzene ring substituents is 1. The Morgan fingerprint density at radius 2 is 1.81 bits per heavy atom. The summed E-state index contributed by atoms with van der Waals surface area (Å²) < 4.78 is 0. The average Bonchev–Trinajstić information content (AvgIpc) is 2.46. The fraction of sp³-hybridized carbons (Fsp3) is 0. The molecule has 0 aliphatic heterocycles. The smallest absolute Gasteiger partial charge is 0.336 e. The molecule has 0 bridgehead atoms. The van der Waals surface area contributed by atoms with Gasteiger partial charge in [0.25, 0.3) is 5.69 Å². The van der Waals surface area contributed by atoms with Gasteiger partial charge in [-0.15, -0.1) is 0 Å². The predicted octanol–water partition coefficient (Wildman–Crippen LogP) is 1.53. The lowest BCUT2D eigenvalue weighted by Gasteiger charge is -2.06. The highest BCUT2D eigenvalue weighted by Gasteiger charge is 2.15. The molecule has 1 aromatic rings. The first-order valence-electron chi connectivity index (χ1n) is 5.17. The molecule has 21 heavy (non-hydrogen) atoms. The Labute approximate surface area is 117 Å². The lowest BCUT2D eigenvalue weighted by molar-refractivity contribution is -0.384. The van der Waals surface area contributed by atoms with Crippen LogP contribution >= 0.6 is 0 Å². The van der Waals surface area contributed by atoms with Crippen LogP contribution in [-0.2, 0) is 0 Å². The first-order valence-corrected chi connectivity index (χ1v) is 5.17. The van der Waals surface area contributed by atoms with E-state index in [0.717, 1.165) is 18.2 Å². The number of aromatic carboxylic acids is 1. The van der Waals surface area contributed by atoms with Crippen molar-refractivity contribution in [2.75, 3.05) is 5.32 Å². The summed E-state index contributed by atoms with van der Waals surface area (Å²) in [6.07, 6.45) is 0. The molecule has 9 nitrogen and oxygen atoms in total. The summed E-state index contributed by atoms with van der Waals surface area (Å²) in [7, 11) is 0. The van der Waals surface area contributed by atoms with Gasteiger partial charge in [0.15, 0.2) is 5.57 Å². The molecule has 0 aliphatic rings. The lowest BCUT2D eigenvalue weighted by Crippen LogP contribution is -2.04. The van der Waals surface area contributed by atoms with Gasteiger partial charge in [-0.05, 0) is 6.07 Å². The molecule has 0 aromatic heterocycles. The van der Waals surface area contributed by atoms with Gasteiger partial charge in [0.1, 0.15) is 23.9 Å². The second-order valence-electron chi connectivity index (χ2n) is 3.54. The summed E-state index contributed by atoms with van der Waals surface area (Å²) in [6.45, 7) is 0. The van der Waals surface area contributed by atoms with E-state index in [2.05, 4.69) is 5.32 Å². The van der Waals surface area contributed by atoms with Gasteiger partial charge in [-0.25, -0.2) is 4.79 Å². The summed E-state index contributed by atoms with van der Waals surface area (Å²) in [4.78, 5) is 20.8. The Hall–Kier alpha value is -3.90. The molecule has 0 aliphatic carbocycles. The van der Waals surface area contributed by atoms with Gasteiger partial charge in [-0.3, -0.25) is 10.1 Å². The third-order valence-corrected chi connectivity index (χ3v) is 2.23. The molecule has 0 radical (unpaired) electrons.